The lowest BCUT2D eigenvalue weighted by Gasteiger charge is -2.43. The summed E-state index contributed by atoms with van der Waals surface area (Å²) < 4.78 is 7.24. The van der Waals surface area contributed by atoms with Crippen LogP contribution in [0.1, 0.15) is 56.7 Å². The maximum atomic E-state index is 5.25. The van der Waals surface area contributed by atoms with E-state index in [1.165, 1.54) is 31.2 Å². The highest BCUT2D eigenvalue weighted by Gasteiger charge is 2.37. The highest BCUT2D eigenvalue weighted by atomic mass is 127. The second-order valence-corrected chi connectivity index (χ2v) is 9.22. The molecular weight excluding hydrogens is 515 g/mol. The molecule has 1 aromatic heterocycles. The Morgan fingerprint density at radius 2 is 1.91 bits per heavy atom. The Balaban J connectivity index is 0.00000363. The van der Waals surface area contributed by atoms with Crippen LogP contribution in [-0.2, 0) is 20.0 Å². The van der Waals surface area contributed by atoms with E-state index in [1.54, 1.807) is 7.11 Å². The van der Waals surface area contributed by atoms with Gasteiger partial charge in [0, 0.05) is 20.1 Å². The molecule has 0 atom stereocenters. The average molecular weight is 555 g/mol. The van der Waals surface area contributed by atoms with Crippen LogP contribution < -0.4 is 15.4 Å². The molecule has 1 aliphatic rings. The molecule has 1 saturated carbocycles. The number of methoxy groups -OCH3 is 1. The molecule has 8 heteroatoms. The molecule has 7 nitrogen and oxygen atoms in total. The maximum Gasteiger partial charge on any atom is 0.191 e. The number of nitrogens with zero attached hydrogens (tertiary/aromatic N) is 4. The van der Waals surface area contributed by atoms with Gasteiger partial charge in [0.2, 0.25) is 0 Å². The fourth-order valence-corrected chi connectivity index (χ4v) is 4.30. The van der Waals surface area contributed by atoms with Crippen molar-refractivity contribution in [2.75, 3.05) is 20.2 Å². The molecule has 0 amide bonds. The molecule has 1 heterocycles. The smallest absolute Gasteiger partial charge is 0.191 e. The van der Waals surface area contributed by atoms with Crippen LogP contribution in [0.15, 0.2) is 29.3 Å². The Labute approximate surface area is 209 Å². The minimum absolute atomic E-state index is 0. The van der Waals surface area contributed by atoms with Crippen LogP contribution in [0.2, 0.25) is 0 Å². The summed E-state index contributed by atoms with van der Waals surface area (Å²) in [7, 11) is 3.67. The first-order valence-corrected chi connectivity index (χ1v) is 11.4. The third kappa shape index (κ3) is 7.35. The van der Waals surface area contributed by atoms with Crippen LogP contribution in [0.5, 0.6) is 5.75 Å². The SMILES string of the molecule is COc1ccc(CCNC(=NCc2nnc(C)n2C)NCC2(CC(C)C)CCC2)cc1.I. The summed E-state index contributed by atoms with van der Waals surface area (Å²) in [6.45, 7) is 8.88. The van der Waals surface area contributed by atoms with Crippen molar-refractivity contribution in [2.45, 2.75) is 59.4 Å². The second-order valence-electron chi connectivity index (χ2n) is 9.22. The van der Waals surface area contributed by atoms with Crippen LogP contribution in [0.3, 0.4) is 0 Å². The highest BCUT2D eigenvalue weighted by Crippen LogP contribution is 2.45. The summed E-state index contributed by atoms with van der Waals surface area (Å²) in [4.78, 5) is 4.82. The van der Waals surface area contributed by atoms with Crippen molar-refractivity contribution in [1.82, 2.24) is 25.4 Å². The van der Waals surface area contributed by atoms with Gasteiger partial charge in [-0.15, -0.1) is 34.2 Å². The predicted molar refractivity (Wildman–Crippen MR) is 141 cm³/mol. The molecule has 32 heavy (non-hydrogen) atoms. The van der Waals surface area contributed by atoms with Gasteiger partial charge in [0.05, 0.1) is 7.11 Å². The fourth-order valence-electron chi connectivity index (χ4n) is 4.30. The van der Waals surface area contributed by atoms with Crippen molar-refractivity contribution in [3.05, 3.63) is 41.5 Å². The number of nitrogens with one attached hydrogen (secondary N) is 2. The number of aliphatic imine (C=N–C) groups is 1. The molecule has 2 N–H and O–H groups in total. The summed E-state index contributed by atoms with van der Waals surface area (Å²) in [6.07, 6.45) is 6.13. The number of guanidine groups is 1. The van der Waals surface area contributed by atoms with Crippen molar-refractivity contribution < 1.29 is 4.74 Å². The molecule has 0 spiro atoms. The topological polar surface area (TPSA) is 76.4 Å². The van der Waals surface area contributed by atoms with E-state index < -0.39 is 0 Å². The van der Waals surface area contributed by atoms with E-state index in [4.69, 9.17) is 9.73 Å². The number of halogens is 1. The molecule has 0 radical (unpaired) electrons. The highest BCUT2D eigenvalue weighted by molar-refractivity contribution is 14.0. The number of rotatable bonds is 10. The van der Waals surface area contributed by atoms with Gasteiger partial charge in [-0.25, -0.2) is 4.99 Å². The van der Waals surface area contributed by atoms with Gasteiger partial charge in [-0.05, 0) is 61.6 Å². The van der Waals surface area contributed by atoms with Crippen molar-refractivity contribution in [3.8, 4) is 5.75 Å². The van der Waals surface area contributed by atoms with Gasteiger partial charge in [-0.1, -0.05) is 32.4 Å². The maximum absolute atomic E-state index is 5.25. The van der Waals surface area contributed by atoms with Gasteiger partial charge in [0.1, 0.15) is 18.1 Å². The molecule has 2 aromatic rings. The van der Waals surface area contributed by atoms with E-state index >= 15 is 0 Å². The predicted octanol–water partition coefficient (Wildman–Crippen LogP) is 4.24. The Bertz CT molecular complexity index is 858. The first kappa shape index (κ1) is 26.4. The molecule has 3 rings (SSSR count). The quantitative estimate of drug-likeness (QED) is 0.261. The van der Waals surface area contributed by atoms with E-state index in [-0.39, 0.29) is 24.0 Å². The number of hydrogen-bond acceptors (Lipinski definition) is 4. The monoisotopic (exact) mass is 554 g/mol. The summed E-state index contributed by atoms with van der Waals surface area (Å²) in [5.74, 6) is 4.22. The molecule has 1 aromatic carbocycles. The third-order valence-corrected chi connectivity index (χ3v) is 6.31. The fraction of sp³-hybridized carbons (Fsp3) is 0.625. The van der Waals surface area contributed by atoms with Crippen LogP contribution >= 0.6 is 24.0 Å². The average Bonchev–Trinajstić information content (AvgIpc) is 3.05. The molecule has 0 bridgehead atoms. The van der Waals surface area contributed by atoms with Gasteiger partial charge >= 0.3 is 0 Å². The lowest BCUT2D eigenvalue weighted by Crippen LogP contribution is -2.47. The van der Waals surface area contributed by atoms with Gasteiger partial charge < -0.3 is 19.9 Å². The molecular formula is C24H39IN6O. The summed E-state index contributed by atoms with van der Waals surface area (Å²) in [6, 6.07) is 8.23. The number of hydrogen-bond donors (Lipinski definition) is 2. The van der Waals surface area contributed by atoms with Crippen molar-refractivity contribution in [3.63, 3.8) is 0 Å². The van der Waals surface area contributed by atoms with Crippen LogP contribution in [0, 0.1) is 18.3 Å². The number of aryl methyl sites for hydroxylation is 1. The van der Waals surface area contributed by atoms with E-state index in [2.05, 4.69) is 46.8 Å². The normalized spacial score (nSPS) is 15.1. The Kier molecular flexibility index (Phi) is 10.2. The van der Waals surface area contributed by atoms with Gasteiger partial charge in [0.25, 0.3) is 0 Å². The molecule has 0 aliphatic heterocycles. The van der Waals surface area contributed by atoms with Crippen LogP contribution in [-0.4, -0.2) is 40.9 Å². The Morgan fingerprint density at radius 1 is 1.19 bits per heavy atom. The van der Waals surface area contributed by atoms with E-state index in [0.717, 1.165) is 42.9 Å². The zero-order valence-electron chi connectivity index (χ0n) is 20.1. The van der Waals surface area contributed by atoms with Crippen LogP contribution in [0.4, 0.5) is 0 Å². The molecule has 0 unspecified atom stereocenters. The molecule has 1 aliphatic carbocycles. The van der Waals surface area contributed by atoms with E-state index in [9.17, 15) is 0 Å². The van der Waals surface area contributed by atoms with Crippen LogP contribution in [0.25, 0.3) is 0 Å². The summed E-state index contributed by atoms with van der Waals surface area (Å²) in [5.41, 5.74) is 1.68. The first-order chi connectivity index (χ1) is 14.9. The van der Waals surface area contributed by atoms with Crippen molar-refractivity contribution in [2.24, 2.45) is 23.4 Å². The Hall–Kier alpha value is -1.84. The largest absolute Gasteiger partial charge is 0.497 e. The molecule has 0 saturated heterocycles. The minimum Gasteiger partial charge on any atom is -0.497 e. The zero-order chi connectivity index (χ0) is 22.3. The summed E-state index contributed by atoms with van der Waals surface area (Å²) >= 11 is 0. The zero-order valence-corrected chi connectivity index (χ0v) is 22.5. The summed E-state index contributed by atoms with van der Waals surface area (Å²) in [5, 5.41) is 15.5. The number of ether oxygens (including phenoxy) is 1. The Morgan fingerprint density at radius 3 is 2.44 bits per heavy atom. The van der Waals surface area contributed by atoms with E-state index in [0.29, 0.717) is 17.9 Å². The number of aromatic nitrogens is 3. The minimum atomic E-state index is 0. The molecule has 178 valence electrons. The lowest BCUT2D eigenvalue weighted by atomic mass is 9.64. The first-order valence-electron chi connectivity index (χ1n) is 11.4. The third-order valence-electron chi connectivity index (χ3n) is 6.31. The number of benzene rings is 1. The van der Waals surface area contributed by atoms with E-state index in [1.807, 2.05) is 30.7 Å². The van der Waals surface area contributed by atoms with Gasteiger partial charge in [-0.2, -0.15) is 0 Å². The van der Waals surface area contributed by atoms with Crippen molar-refractivity contribution >= 4 is 29.9 Å². The lowest BCUT2D eigenvalue weighted by molar-refractivity contribution is 0.104. The van der Waals surface area contributed by atoms with Crippen molar-refractivity contribution in [1.29, 1.82) is 0 Å². The standard InChI is InChI=1S/C24H38N6O.HI/c1-18(2)15-24(12-6-13-24)17-27-23(26-16-22-29-28-19(3)30(22)4)25-14-11-20-7-9-21(31-5)10-8-20;/h7-10,18H,6,11-17H2,1-5H3,(H2,25,26,27);1H. The second kappa shape index (κ2) is 12.4. The van der Waals surface area contributed by atoms with Gasteiger partial charge in [-0.3, -0.25) is 0 Å². The van der Waals surface area contributed by atoms with Gasteiger partial charge in [0.15, 0.2) is 11.8 Å². The molecule has 1 fully saturated rings.